The first-order valence-electron chi connectivity index (χ1n) is 6.39. The van der Waals surface area contributed by atoms with Crippen molar-refractivity contribution in [2.24, 2.45) is 5.41 Å². The number of hydrogen-bond acceptors (Lipinski definition) is 4. The van der Waals surface area contributed by atoms with E-state index in [1.165, 1.54) is 25.7 Å². The summed E-state index contributed by atoms with van der Waals surface area (Å²) < 4.78 is 0. The smallest absolute Gasteiger partial charge is 0.131 e. The molecule has 1 aliphatic carbocycles. The minimum atomic E-state index is 0.443. The Morgan fingerprint density at radius 3 is 2.53 bits per heavy atom. The summed E-state index contributed by atoms with van der Waals surface area (Å²) in [6.07, 6.45) is 5.37. The lowest BCUT2D eigenvalue weighted by Gasteiger charge is -2.24. The van der Waals surface area contributed by atoms with E-state index in [9.17, 15) is 0 Å². The van der Waals surface area contributed by atoms with Crippen molar-refractivity contribution in [1.82, 2.24) is 9.97 Å². The molecule has 0 saturated heterocycles. The molecule has 0 amide bonds. The van der Waals surface area contributed by atoms with Crippen LogP contribution in [0.5, 0.6) is 0 Å². The highest BCUT2D eigenvalue weighted by molar-refractivity contribution is 5.47. The van der Waals surface area contributed by atoms with E-state index in [0.29, 0.717) is 5.41 Å². The van der Waals surface area contributed by atoms with Gasteiger partial charge in [-0.25, -0.2) is 9.97 Å². The molecule has 1 aromatic rings. The third-order valence-electron chi connectivity index (χ3n) is 3.60. The minimum absolute atomic E-state index is 0.443. The molecule has 0 radical (unpaired) electrons. The normalized spacial score (nSPS) is 18.1. The molecule has 94 valence electrons. The Labute approximate surface area is 103 Å². The SMILES string of the molecule is CNc1cc(NCC2(C)CCCC2)nc(C)n1. The predicted octanol–water partition coefficient (Wildman–Crippen LogP) is 2.82. The van der Waals surface area contributed by atoms with E-state index in [2.05, 4.69) is 27.5 Å². The van der Waals surface area contributed by atoms with Gasteiger partial charge in [0.05, 0.1) is 0 Å². The van der Waals surface area contributed by atoms with Gasteiger partial charge >= 0.3 is 0 Å². The number of anilines is 2. The standard InChI is InChI=1S/C13H22N4/c1-10-16-11(14-3)8-12(17-10)15-9-13(2)6-4-5-7-13/h8H,4-7,9H2,1-3H3,(H2,14,15,16,17). The zero-order valence-electron chi connectivity index (χ0n) is 11.0. The molecule has 1 aliphatic rings. The van der Waals surface area contributed by atoms with Crippen LogP contribution in [0.15, 0.2) is 6.07 Å². The summed E-state index contributed by atoms with van der Waals surface area (Å²) in [5.74, 6) is 2.60. The molecule has 1 fully saturated rings. The Morgan fingerprint density at radius 2 is 1.88 bits per heavy atom. The second kappa shape index (κ2) is 4.90. The van der Waals surface area contributed by atoms with Crippen molar-refractivity contribution in [2.75, 3.05) is 24.2 Å². The van der Waals surface area contributed by atoms with Crippen LogP contribution in [-0.2, 0) is 0 Å². The molecule has 1 heterocycles. The van der Waals surface area contributed by atoms with Gasteiger partial charge in [0, 0.05) is 19.7 Å². The number of nitrogens with zero attached hydrogens (tertiary/aromatic N) is 2. The summed E-state index contributed by atoms with van der Waals surface area (Å²) in [5.41, 5.74) is 0.443. The molecule has 0 spiro atoms. The highest BCUT2D eigenvalue weighted by Crippen LogP contribution is 2.37. The highest BCUT2D eigenvalue weighted by atomic mass is 15.1. The van der Waals surface area contributed by atoms with Crippen LogP contribution in [0, 0.1) is 12.3 Å². The summed E-state index contributed by atoms with van der Waals surface area (Å²) in [6, 6.07) is 1.96. The van der Waals surface area contributed by atoms with Crippen LogP contribution in [0.2, 0.25) is 0 Å². The zero-order chi connectivity index (χ0) is 12.3. The minimum Gasteiger partial charge on any atom is -0.373 e. The summed E-state index contributed by atoms with van der Waals surface area (Å²) >= 11 is 0. The summed E-state index contributed by atoms with van der Waals surface area (Å²) in [7, 11) is 1.88. The summed E-state index contributed by atoms with van der Waals surface area (Å²) in [6.45, 7) is 5.29. The van der Waals surface area contributed by atoms with Crippen molar-refractivity contribution in [3.63, 3.8) is 0 Å². The molecule has 4 nitrogen and oxygen atoms in total. The van der Waals surface area contributed by atoms with Gasteiger partial charge in [-0.05, 0) is 25.2 Å². The number of hydrogen-bond donors (Lipinski definition) is 2. The van der Waals surface area contributed by atoms with Crippen molar-refractivity contribution in [3.05, 3.63) is 11.9 Å². The number of aryl methyl sites for hydroxylation is 1. The maximum Gasteiger partial charge on any atom is 0.131 e. The van der Waals surface area contributed by atoms with Gasteiger partial charge in [0.15, 0.2) is 0 Å². The second-order valence-corrected chi connectivity index (χ2v) is 5.31. The molecule has 0 atom stereocenters. The molecule has 0 bridgehead atoms. The topological polar surface area (TPSA) is 49.8 Å². The summed E-state index contributed by atoms with van der Waals surface area (Å²) in [4.78, 5) is 8.70. The van der Waals surface area contributed by atoms with Gasteiger partial charge < -0.3 is 10.6 Å². The fraction of sp³-hybridized carbons (Fsp3) is 0.692. The molecule has 0 unspecified atom stereocenters. The quantitative estimate of drug-likeness (QED) is 0.841. The fourth-order valence-electron chi connectivity index (χ4n) is 2.50. The second-order valence-electron chi connectivity index (χ2n) is 5.31. The van der Waals surface area contributed by atoms with Crippen LogP contribution in [-0.4, -0.2) is 23.6 Å². The number of rotatable bonds is 4. The lowest BCUT2D eigenvalue weighted by molar-refractivity contribution is 0.361. The molecule has 0 aromatic carbocycles. The first-order chi connectivity index (χ1) is 8.11. The molecule has 0 aliphatic heterocycles. The van der Waals surface area contributed by atoms with E-state index >= 15 is 0 Å². The maximum atomic E-state index is 4.41. The van der Waals surface area contributed by atoms with E-state index in [-0.39, 0.29) is 0 Å². The Kier molecular flexibility index (Phi) is 3.50. The third-order valence-corrected chi connectivity index (χ3v) is 3.60. The third kappa shape index (κ3) is 3.08. The average Bonchev–Trinajstić information content (AvgIpc) is 2.73. The average molecular weight is 234 g/mol. The van der Waals surface area contributed by atoms with Gasteiger partial charge in [-0.15, -0.1) is 0 Å². The molecule has 1 aromatic heterocycles. The number of aromatic nitrogens is 2. The maximum absolute atomic E-state index is 4.41. The highest BCUT2D eigenvalue weighted by Gasteiger charge is 2.28. The largest absolute Gasteiger partial charge is 0.373 e. The zero-order valence-corrected chi connectivity index (χ0v) is 11.0. The van der Waals surface area contributed by atoms with Crippen molar-refractivity contribution < 1.29 is 0 Å². The molecule has 17 heavy (non-hydrogen) atoms. The van der Waals surface area contributed by atoms with Crippen LogP contribution in [0.1, 0.15) is 38.4 Å². The van der Waals surface area contributed by atoms with Gasteiger partial charge in [0.25, 0.3) is 0 Å². The molecule has 4 heteroatoms. The van der Waals surface area contributed by atoms with E-state index in [0.717, 1.165) is 24.0 Å². The van der Waals surface area contributed by atoms with Crippen molar-refractivity contribution >= 4 is 11.6 Å². The van der Waals surface area contributed by atoms with E-state index in [4.69, 9.17) is 0 Å². The number of nitrogens with one attached hydrogen (secondary N) is 2. The fourth-order valence-corrected chi connectivity index (χ4v) is 2.50. The monoisotopic (exact) mass is 234 g/mol. The van der Waals surface area contributed by atoms with Crippen molar-refractivity contribution in [2.45, 2.75) is 39.5 Å². The van der Waals surface area contributed by atoms with Gasteiger partial charge in [0.2, 0.25) is 0 Å². The van der Waals surface area contributed by atoms with Crippen molar-refractivity contribution in [1.29, 1.82) is 0 Å². The van der Waals surface area contributed by atoms with Gasteiger partial charge in [0.1, 0.15) is 17.5 Å². The predicted molar refractivity (Wildman–Crippen MR) is 71.4 cm³/mol. The van der Waals surface area contributed by atoms with Crippen molar-refractivity contribution in [3.8, 4) is 0 Å². The molecule has 1 saturated carbocycles. The van der Waals surface area contributed by atoms with Crippen LogP contribution in [0.4, 0.5) is 11.6 Å². The lowest BCUT2D eigenvalue weighted by Crippen LogP contribution is -2.23. The lowest BCUT2D eigenvalue weighted by atomic mass is 9.89. The van der Waals surface area contributed by atoms with Gasteiger partial charge in [-0.2, -0.15) is 0 Å². The summed E-state index contributed by atoms with van der Waals surface area (Å²) in [5, 5.41) is 6.51. The Hall–Kier alpha value is -1.32. The van der Waals surface area contributed by atoms with Crippen LogP contribution in [0.3, 0.4) is 0 Å². The van der Waals surface area contributed by atoms with Gasteiger partial charge in [-0.3, -0.25) is 0 Å². The Balaban J connectivity index is 2.00. The van der Waals surface area contributed by atoms with E-state index < -0.39 is 0 Å². The molecule has 2 N–H and O–H groups in total. The Bertz CT molecular complexity index is 383. The van der Waals surface area contributed by atoms with E-state index in [1.807, 2.05) is 20.0 Å². The first kappa shape index (κ1) is 12.1. The van der Waals surface area contributed by atoms with E-state index in [1.54, 1.807) is 0 Å². The van der Waals surface area contributed by atoms with Crippen LogP contribution < -0.4 is 10.6 Å². The Morgan fingerprint density at radius 1 is 1.24 bits per heavy atom. The molecular formula is C13H22N4. The molecule has 2 rings (SSSR count). The molecular weight excluding hydrogens is 212 g/mol. The van der Waals surface area contributed by atoms with Gasteiger partial charge in [-0.1, -0.05) is 19.8 Å². The van der Waals surface area contributed by atoms with Crippen LogP contribution in [0.25, 0.3) is 0 Å². The van der Waals surface area contributed by atoms with Crippen LogP contribution >= 0.6 is 0 Å². The first-order valence-corrected chi connectivity index (χ1v) is 6.39.